The molecule has 0 rings (SSSR count). The lowest BCUT2D eigenvalue weighted by Crippen LogP contribution is -2.32. The monoisotopic (exact) mass is 236 g/mol. The topological polar surface area (TPSA) is 77.5 Å². The maximum atomic E-state index is 11.5. The van der Waals surface area contributed by atoms with Crippen molar-refractivity contribution in [1.82, 2.24) is 0 Å². The number of sulfone groups is 1. The Kier molecular flexibility index (Phi) is 5.49. The van der Waals surface area contributed by atoms with Crippen LogP contribution in [0.3, 0.4) is 0 Å². The molecule has 88 valence electrons. The Bertz CT molecular complexity index is 330. The Morgan fingerprint density at radius 1 is 1.27 bits per heavy atom. The fraction of sp³-hybridized carbons (Fsp3) is 0.778. The van der Waals surface area contributed by atoms with Crippen LogP contribution in [0, 0.1) is 0 Å². The smallest absolute Gasteiger partial charge is 0.321 e. The summed E-state index contributed by atoms with van der Waals surface area (Å²) in [7, 11) is -3.72. The maximum Gasteiger partial charge on any atom is 0.321 e. The van der Waals surface area contributed by atoms with Crippen LogP contribution >= 0.6 is 0 Å². The number of carbonyl (C=O) groups excluding carboxylic acids is 2. The van der Waals surface area contributed by atoms with Crippen molar-refractivity contribution in [3.05, 3.63) is 0 Å². The fourth-order valence-electron chi connectivity index (χ4n) is 0.980. The van der Waals surface area contributed by atoms with Crippen molar-refractivity contribution in [1.29, 1.82) is 0 Å². The molecule has 1 unspecified atom stereocenters. The zero-order valence-electron chi connectivity index (χ0n) is 9.15. The van der Waals surface area contributed by atoms with Crippen molar-refractivity contribution < 1.29 is 22.7 Å². The number of hydrogen-bond acceptors (Lipinski definition) is 5. The maximum absolute atomic E-state index is 11.5. The molecule has 1 atom stereocenters. The van der Waals surface area contributed by atoms with Gasteiger partial charge in [0.05, 0.1) is 6.61 Å². The minimum absolute atomic E-state index is 0.129. The molecule has 0 bridgehead atoms. The molecule has 6 heteroatoms. The third kappa shape index (κ3) is 4.42. The molecule has 0 amide bonds. The van der Waals surface area contributed by atoms with Crippen LogP contribution in [0.1, 0.15) is 27.2 Å². The van der Waals surface area contributed by atoms with Crippen LogP contribution in [0.2, 0.25) is 0 Å². The highest BCUT2D eigenvalue weighted by Crippen LogP contribution is 2.06. The van der Waals surface area contributed by atoms with Gasteiger partial charge in [-0.1, -0.05) is 6.92 Å². The van der Waals surface area contributed by atoms with E-state index in [1.54, 1.807) is 13.8 Å². The molecule has 0 aromatic heterocycles. The second kappa shape index (κ2) is 5.85. The molecule has 5 nitrogen and oxygen atoms in total. The van der Waals surface area contributed by atoms with E-state index in [4.69, 9.17) is 0 Å². The minimum atomic E-state index is -3.72. The number of hydrogen-bond donors (Lipinski definition) is 0. The standard InChI is InChI=1S/C9H16O5S/c1-4-8(10)7(3)15(12,13)6-9(11)14-5-2/h7H,4-6H2,1-3H3. The first-order valence-corrected chi connectivity index (χ1v) is 6.46. The third-order valence-electron chi connectivity index (χ3n) is 1.96. The van der Waals surface area contributed by atoms with Gasteiger partial charge in [0.1, 0.15) is 16.8 Å². The molecule has 0 saturated heterocycles. The summed E-state index contributed by atoms with van der Waals surface area (Å²) in [5.74, 6) is -1.93. The summed E-state index contributed by atoms with van der Waals surface area (Å²) in [6.07, 6.45) is 0.142. The highest BCUT2D eigenvalue weighted by atomic mass is 32.2. The summed E-state index contributed by atoms with van der Waals surface area (Å²) in [6.45, 7) is 4.59. The average molecular weight is 236 g/mol. The first-order chi connectivity index (χ1) is 6.85. The molecule has 0 aliphatic heterocycles. The van der Waals surface area contributed by atoms with Gasteiger partial charge in [-0.15, -0.1) is 0 Å². The Hall–Kier alpha value is -0.910. The van der Waals surface area contributed by atoms with Gasteiger partial charge in [-0.05, 0) is 13.8 Å². The molecule has 0 fully saturated rings. The van der Waals surface area contributed by atoms with Crippen LogP contribution in [0.4, 0.5) is 0 Å². The Balaban J connectivity index is 4.56. The molecule has 0 spiro atoms. The van der Waals surface area contributed by atoms with Crippen molar-refractivity contribution in [2.75, 3.05) is 12.4 Å². The number of ketones is 1. The first kappa shape index (κ1) is 14.1. The van der Waals surface area contributed by atoms with Crippen LogP contribution in [0.15, 0.2) is 0 Å². The van der Waals surface area contributed by atoms with Gasteiger partial charge in [-0.2, -0.15) is 0 Å². The van der Waals surface area contributed by atoms with Crippen molar-refractivity contribution in [2.24, 2.45) is 0 Å². The van der Waals surface area contributed by atoms with Crippen molar-refractivity contribution in [3.8, 4) is 0 Å². The lowest BCUT2D eigenvalue weighted by molar-refractivity contribution is -0.139. The lowest BCUT2D eigenvalue weighted by atomic mass is 10.2. The second-order valence-corrected chi connectivity index (χ2v) is 5.40. The van der Waals surface area contributed by atoms with Gasteiger partial charge in [-0.25, -0.2) is 8.42 Å². The number of ether oxygens (including phenoxy) is 1. The zero-order valence-corrected chi connectivity index (χ0v) is 9.96. The molecule has 0 aliphatic rings. The predicted molar refractivity (Wildman–Crippen MR) is 55.2 cm³/mol. The van der Waals surface area contributed by atoms with Crippen LogP contribution in [0.5, 0.6) is 0 Å². The molecule has 0 radical (unpaired) electrons. The first-order valence-electron chi connectivity index (χ1n) is 4.75. The Labute approximate surface area is 89.7 Å². The van der Waals surface area contributed by atoms with Gasteiger partial charge in [-0.3, -0.25) is 9.59 Å². The molecule has 0 aromatic carbocycles. The summed E-state index contributed by atoms with van der Waals surface area (Å²) < 4.78 is 27.5. The Morgan fingerprint density at radius 3 is 2.20 bits per heavy atom. The van der Waals surface area contributed by atoms with E-state index in [1.807, 2.05) is 0 Å². The van der Waals surface area contributed by atoms with Gasteiger partial charge >= 0.3 is 5.97 Å². The Morgan fingerprint density at radius 2 is 1.80 bits per heavy atom. The van der Waals surface area contributed by atoms with Crippen LogP contribution in [0.25, 0.3) is 0 Å². The van der Waals surface area contributed by atoms with Gasteiger partial charge < -0.3 is 4.74 Å². The lowest BCUT2D eigenvalue weighted by Gasteiger charge is -2.09. The quantitative estimate of drug-likeness (QED) is 0.621. The molecule has 0 aromatic rings. The van der Waals surface area contributed by atoms with Crippen LogP contribution < -0.4 is 0 Å². The largest absolute Gasteiger partial charge is 0.465 e. The van der Waals surface area contributed by atoms with E-state index in [1.165, 1.54) is 6.92 Å². The van der Waals surface area contributed by atoms with Crippen LogP contribution in [-0.4, -0.2) is 37.8 Å². The van der Waals surface area contributed by atoms with E-state index in [0.717, 1.165) is 0 Å². The molecular formula is C9H16O5S. The molecule has 15 heavy (non-hydrogen) atoms. The van der Waals surface area contributed by atoms with E-state index >= 15 is 0 Å². The molecule has 0 N–H and O–H groups in total. The van der Waals surface area contributed by atoms with E-state index < -0.39 is 26.8 Å². The number of carbonyl (C=O) groups is 2. The van der Waals surface area contributed by atoms with Crippen molar-refractivity contribution >= 4 is 21.6 Å². The third-order valence-corrected chi connectivity index (χ3v) is 3.94. The van der Waals surface area contributed by atoms with Gasteiger partial charge in [0, 0.05) is 6.42 Å². The van der Waals surface area contributed by atoms with E-state index in [9.17, 15) is 18.0 Å². The second-order valence-electron chi connectivity index (χ2n) is 3.07. The van der Waals surface area contributed by atoms with E-state index in [2.05, 4.69) is 4.74 Å². The number of esters is 1. The summed E-state index contributed by atoms with van der Waals surface area (Å²) in [5, 5.41) is -1.13. The van der Waals surface area contributed by atoms with Crippen molar-refractivity contribution in [3.63, 3.8) is 0 Å². The predicted octanol–water partition coefficient (Wildman–Crippen LogP) is 0.332. The molecule has 0 saturated carbocycles. The summed E-state index contributed by atoms with van der Waals surface area (Å²) in [5.41, 5.74) is 0. The minimum Gasteiger partial charge on any atom is -0.465 e. The van der Waals surface area contributed by atoms with Gasteiger partial charge in [0.25, 0.3) is 0 Å². The normalized spacial score (nSPS) is 13.3. The summed E-state index contributed by atoms with van der Waals surface area (Å²) in [4.78, 5) is 22.1. The average Bonchev–Trinajstić information content (AvgIpc) is 2.15. The highest BCUT2D eigenvalue weighted by Gasteiger charge is 2.29. The SMILES string of the molecule is CCOC(=O)CS(=O)(=O)C(C)C(=O)CC. The number of rotatable bonds is 6. The zero-order chi connectivity index (χ0) is 12.1. The van der Waals surface area contributed by atoms with Crippen LogP contribution in [-0.2, 0) is 24.2 Å². The fourth-order valence-corrected chi connectivity index (χ4v) is 2.21. The molecule has 0 heterocycles. The molecule has 0 aliphatic carbocycles. The van der Waals surface area contributed by atoms with Crippen molar-refractivity contribution in [2.45, 2.75) is 32.4 Å². The van der Waals surface area contributed by atoms with E-state index in [-0.39, 0.29) is 18.8 Å². The van der Waals surface area contributed by atoms with Gasteiger partial charge in [0.15, 0.2) is 9.84 Å². The van der Waals surface area contributed by atoms with E-state index in [0.29, 0.717) is 0 Å². The van der Waals surface area contributed by atoms with Gasteiger partial charge in [0.2, 0.25) is 0 Å². The summed E-state index contributed by atoms with van der Waals surface area (Å²) in [6, 6.07) is 0. The molecular weight excluding hydrogens is 220 g/mol. The number of Topliss-reactive ketones (excluding diaryl/α,β-unsaturated/α-hetero) is 1. The highest BCUT2D eigenvalue weighted by molar-refractivity contribution is 7.93. The summed E-state index contributed by atoms with van der Waals surface area (Å²) >= 11 is 0.